The van der Waals surface area contributed by atoms with Gasteiger partial charge in [0.05, 0.1) is 25.3 Å². The van der Waals surface area contributed by atoms with Gasteiger partial charge < -0.3 is 0 Å². The Balaban J connectivity index is 1.48. The van der Waals surface area contributed by atoms with Gasteiger partial charge in [-0.2, -0.15) is 0 Å². The summed E-state index contributed by atoms with van der Waals surface area (Å²) < 4.78 is 5.54. The summed E-state index contributed by atoms with van der Waals surface area (Å²) in [6.45, 7) is 23.9. The Kier molecular flexibility index (Phi) is 13.8. The van der Waals surface area contributed by atoms with E-state index in [1.54, 1.807) is 34.8 Å². The topological polar surface area (TPSA) is 56.3 Å². The standard InChI is InChI=1S/C44H42N4S6/c1-7-11-13-27(9-3)19-33-41-39(23-37(51-41)35-17-15-31(49-35)21-29(25-45)47-5)53-43(33)44-34(20-28(10-4)14-12-8-2)42-40(54-44)24-38(52-42)36-18-16-32(50-36)22-30(26-46)48-6/h15-18,21-24,27-28H,7-14,19-20H2,1-4H3/b29-21-,30-22+. The van der Waals surface area contributed by atoms with E-state index in [-0.39, 0.29) is 11.4 Å². The van der Waals surface area contributed by atoms with Crippen molar-refractivity contribution in [1.82, 2.24) is 0 Å². The molecule has 0 amide bonds. The number of nitrogens with zero attached hydrogens (tertiary/aromatic N) is 4. The summed E-state index contributed by atoms with van der Waals surface area (Å²) in [5.41, 5.74) is 3.26. The van der Waals surface area contributed by atoms with Gasteiger partial charge in [-0.25, -0.2) is 20.2 Å². The van der Waals surface area contributed by atoms with Crippen LogP contribution in [-0.2, 0) is 12.8 Å². The Morgan fingerprint density at radius 2 is 1.06 bits per heavy atom. The summed E-state index contributed by atoms with van der Waals surface area (Å²) >= 11 is 11.1. The quantitative estimate of drug-likeness (QED) is 0.0680. The number of nitriles is 2. The highest BCUT2D eigenvalue weighted by Crippen LogP contribution is 2.54. The highest BCUT2D eigenvalue weighted by Gasteiger charge is 2.27. The van der Waals surface area contributed by atoms with Crippen molar-refractivity contribution in [2.75, 3.05) is 0 Å². The third kappa shape index (κ3) is 8.83. The highest BCUT2D eigenvalue weighted by molar-refractivity contribution is 7.36. The second-order valence-corrected chi connectivity index (χ2v) is 20.0. The van der Waals surface area contributed by atoms with Gasteiger partial charge in [-0.15, -0.1) is 68.0 Å². The number of allylic oxidation sites excluding steroid dienone is 2. The molecule has 274 valence electrons. The maximum Gasteiger partial charge on any atom is 0.263 e. The molecular formula is C44H42N4S6. The molecule has 10 heteroatoms. The lowest BCUT2D eigenvalue weighted by Crippen LogP contribution is -2.05. The number of fused-ring (bicyclic) bond motifs is 2. The molecule has 0 fully saturated rings. The summed E-state index contributed by atoms with van der Waals surface area (Å²) in [6.07, 6.45) is 15.3. The molecular weight excluding hydrogens is 777 g/mol. The Morgan fingerprint density at radius 1 is 0.630 bits per heavy atom. The highest BCUT2D eigenvalue weighted by atomic mass is 32.1. The van der Waals surface area contributed by atoms with Crippen LogP contribution in [0.4, 0.5) is 0 Å². The van der Waals surface area contributed by atoms with Gasteiger partial charge in [0.15, 0.2) is 0 Å². The summed E-state index contributed by atoms with van der Waals surface area (Å²) in [7, 11) is 0. The lowest BCUT2D eigenvalue weighted by atomic mass is 9.90. The average molecular weight is 819 g/mol. The second kappa shape index (κ2) is 18.7. The normalized spacial score (nSPS) is 13.2. The summed E-state index contributed by atoms with van der Waals surface area (Å²) in [5, 5.41) is 18.6. The van der Waals surface area contributed by atoms with Crippen LogP contribution in [0, 0.1) is 47.6 Å². The number of rotatable bonds is 17. The smallest absolute Gasteiger partial charge is 0.227 e. The van der Waals surface area contributed by atoms with Crippen molar-refractivity contribution in [3.63, 3.8) is 0 Å². The van der Waals surface area contributed by atoms with Crippen LogP contribution in [0.1, 0.15) is 99.9 Å². The predicted molar refractivity (Wildman–Crippen MR) is 239 cm³/mol. The fourth-order valence-corrected chi connectivity index (χ4v) is 14.5. The van der Waals surface area contributed by atoms with Gasteiger partial charge in [-0.05, 0) is 84.4 Å². The molecule has 6 rings (SSSR count). The maximum absolute atomic E-state index is 9.30. The average Bonchev–Trinajstić information content (AvgIpc) is 4.04. The van der Waals surface area contributed by atoms with E-state index < -0.39 is 0 Å². The van der Waals surface area contributed by atoms with Crippen LogP contribution in [0.5, 0.6) is 0 Å². The lowest BCUT2D eigenvalue weighted by molar-refractivity contribution is 0.450. The van der Waals surface area contributed by atoms with Crippen LogP contribution < -0.4 is 0 Å². The van der Waals surface area contributed by atoms with E-state index in [0.717, 1.165) is 22.6 Å². The van der Waals surface area contributed by atoms with Crippen molar-refractivity contribution >= 4 is 99.0 Å². The fourth-order valence-electron chi connectivity index (χ4n) is 6.89. The number of thiophene rings is 6. The van der Waals surface area contributed by atoms with E-state index in [1.807, 2.05) is 69.6 Å². The third-order valence-electron chi connectivity index (χ3n) is 9.96. The molecule has 0 spiro atoms. The van der Waals surface area contributed by atoms with Gasteiger partial charge >= 0.3 is 0 Å². The molecule has 0 saturated carbocycles. The van der Waals surface area contributed by atoms with E-state index in [0.29, 0.717) is 11.8 Å². The van der Waals surface area contributed by atoms with Gasteiger partial charge in [-0.1, -0.05) is 79.1 Å². The van der Waals surface area contributed by atoms with Gasteiger partial charge in [0.1, 0.15) is 0 Å². The van der Waals surface area contributed by atoms with Crippen LogP contribution in [-0.4, -0.2) is 0 Å². The second-order valence-electron chi connectivity index (χ2n) is 13.6. The van der Waals surface area contributed by atoms with Crippen LogP contribution in [0.25, 0.3) is 69.9 Å². The Morgan fingerprint density at radius 3 is 1.41 bits per heavy atom. The zero-order valence-electron chi connectivity index (χ0n) is 31.1. The Bertz CT molecular complexity index is 2270. The molecule has 0 radical (unpaired) electrons. The van der Waals surface area contributed by atoms with Crippen LogP contribution >= 0.6 is 68.0 Å². The minimum absolute atomic E-state index is 0.113. The molecule has 54 heavy (non-hydrogen) atoms. The van der Waals surface area contributed by atoms with Gasteiger partial charge in [0.2, 0.25) is 0 Å². The van der Waals surface area contributed by atoms with E-state index in [9.17, 15) is 10.5 Å². The summed E-state index contributed by atoms with van der Waals surface area (Å²) in [4.78, 5) is 16.4. The predicted octanol–water partition coefficient (Wildman–Crippen LogP) is 16.4. The Hall–Kier alpha value is -3.84. The molecule has 0 aromatic carbocycles. The molecule has 0 saturated heterocycles. The van der Waals surface area contributed by atoms with E-state index >= 15 is 0 Å². The molecule has 2 atom stereocenters. The van der Waals surface area contributed by atoms with Crippen molar-refractivity contribution in [2.45, 2.75) is 91.9 Å². The molecule has 0 aliphatic rings. The lowest BCUT2D eigenvalue weighted by Gasteiger charge is -2.17. The zero-order valence-corrected chi connectivity index (χ0v) is 36.0. The largest absolute Gasteiger partial charge is 0.263 e. The van der Waals surface area contributed by atoms with Crippen LogP contribution in [0.3, 0.4) is 0 Å². The minimum atomic E-state index is 0.113. The molecule has 4 nitrogen and oxygen atoms in total. The van der Waals surface area contributed by atoms with E-state index in [4.69, 9.17) is 13.1 Å². The van der Waals surface area contributed by atoms with E-state index in [1.165, 1.54) is 111 Å². The van der Waals surface area contributed by atoms with Crippen molar-refractivity contribution in [1.29, 1.82) is 10.5 Å². The first-order valence-electron chi connectivity index (χ1n) is 18.7. The molecule has 0 aliphatic heterocycles. The van der Waals surface area contributed by atoms with Gasteiger partial charge in [-0.3, -0.25) is 0 Å². The number of hydrogen-bond acceptors (Lipinski definition) is 8. The maximum atomic E-state index is 9.30. The molecule has 2 unspecified atom stereocenters. The van der Waals surface area contributed by atoms with Gasteiger partial charge in [0, 0.05) is 57.8 Å². The number of unbranched alkanes of at least 4 members (excludes halogenated alkanes) is 2. The fraction of sp³-hybridized carbons (Fsp3) is 0.364. The first-order valence-corrected chi connectivity index (χ1v) is 23.6. The summed E-state index contributed by atoms with van der Waals surface area (Å²) in [6, 6.07) is 17.0. The third-order valence-corrected chi connectivity index (χ3v) is 17.6. The van der Waals surface area contributed by atoms with Gasteiger partial charge in [0.25, 0.3) is 11.4 Å². The molecule has 0 bridgehead atoms. The Labute approximate surface area is 343 Å². The SMILES string of the molecule is [C-]#[N+]/C(C#N)=C\c1ccc(-c2cc3sc(-c4sc5cc(-c6ccc(/C=C(\C#N)[N+]#[C-])s6)sc5c4CC(CC)CCCC)c(CC(CC)CCCC)c3s2)s1. The minimum Gasteiger partial charge on any atom is -0.227 e. The molecule has 0 N–H and O–H groups in total. The molecule has 0 aliphatic carbocycles. The molecule has 6 aromatic heterocycles. The first-order chi connectivity index (χ1) is 26.4. The number of hydrogen-bond donors (Lipinski definition) is 0. The monoisotopic (exact) mass is 818 g/mol. The molecule has 6 heterocycles. The van der Waals surface area contributed by atoms with Crippen molar-refractivity contribution in [2.24, 2.45) is 11.8 Å². The first kappa shape index (κ1) is 39.8. The van der Waals surface area contributed by atoms with Crippen molar-refractivity contribution in [3.8, 4) is 41.4 Å². The van der Waals surface area contributed by atoms with Crippen molar-refractivity contribution in [3.05, 3.63) is 91.5 Å². The van der Waals surface area contributed by atoms with E-state index in [2.05, 4.69) is 61.7 Å². The molecule has 6 aromatic rings. The summed E-state index contributed by atoms with van der Waals surface area (Å²) in [5.74, 6) is 1.28. The van der Waals surface area contributed by atoms with Crippen LogP contribution in [0.2, 0.25) is 0 Å². The zero-order chi connectivity index (χ0) is 38.2. The van der Waals surface area contributed by atoms with Crippen LogP contribution in [0.15, 0.2) is 47.8 Å². The van der Waals surface area contributed by atoms with Crippen molar-refractivity contribution < 1.29 is 0 Å².